The second-order valence-corrected chi connectivity index (χ2v) is 8.12. The average Bonchev–Trinajstić information content (AvgIpc) is 3.47. The predicted molar refractivity (Wildman–Crippen MR) is 95.9 cm³/mol. The van der Waals surface area contributed by atoms with Crippen molar-refractivity contribution in [1.29, 1.82) is 5.26 Å². The lowest BCUT2D eigenvalue weighted by Gasteiger charge is -2.18. The number of aromatic nitrogens is 4. The highest BCUT2D eigenvalue weighted by atomic mass is 19.4. The van der Waals surface area contributed by atoms with E-state index in [-0.39, 0.29) is 23.3 Å². The first-order valence-electron chi connectivity index (χ1n) is 8.99. The maximum atomic E-state index is 13.3. The summed E-state index contributed by atoms with van der Waals surface area (Å²) in [5.41, 5.74) is -0.436. The molecule has 7 nitrogen and oxygen atoms in total. The van der Waals surface area contributed by atoms with Crippen molar-refractivity contribution in [2.24, 2.45) is 5.41 Å². The molecule has 10 heteroatoms. The van der Waals surface area contributed by atoms with Gasteiger partial charge in [0.2, 0.25) is 5.95 Å². The number of nitriles is 1. The average molecular weight is 391 g/mol. The fourth-order valence-electron chi connectivity index (χ4n) is 3.08. The summed E-state index contributed by atoms with van der Waals surface area (Å²) in [4.78, 5) is 7.91. The van der Waals surface area contributed by atoms with Gasteiger partial charge in [0.25, 0.3) is 0 Å². The van der Waals surface area contributed by atoms with E-state index in [1.807, 2.05) is 13.8 Å². The van der Waals surface area contributed by atoms with Crippen LogP contribution in [0.25, 0.3) is 0 Å². The number of anilines is 3. The number of aryl methyl sites for hydroxylation is 1. The smallest absolute Gasteiger partial charge is 0.364 e. The molecule has 2 aliphatic rings. The first-order chi connectivity index (χ1) is 13.0. The molecule has 2 aromatic rings. The predicted octanol–water partition coefficient (Wildman–Crippen LogP) is 4.18. The van der Waals surface area contributed by atoms with Crippen molar-refractivity contribution in [3.63, 3.8) is 0 Å². The Labute approximate surface area is 160 Å². The van der Waals surface area contributed by atoms with Crippen LogP contribution in [0.1, 0.15) is 50.4 Å². The van der Waals surface area contributed by atoms with Crippen molar-refractivity contribution in [2.75, 3.05) is 10.6 Å². The summed E-state index contributed by atoms with van der Waals surface area (Å²) in [6.07, 6.45) is 0.286. The lowest BCUT2D eigenvalue weighted by Crippen LogP contribution is -2.21. The van der Waals surface area contributed by atoms with Crippen LogP contribution >= 0.6 is 0 Å². The molecule has 148 valence electrons. The first-order valence-corrected chi connectivity index (χ1v) is 8.99. The zero-order valence-electron chi connectivity index (χ0n) is 15.7. The standard InChI is InChI=1S/C18H20F3N7/c1-10-12(8-28(27-10)13-6-16(13,2)9-22)24-15-23-7-11(18(19,20)21)14(25-15)26-17(3)4-5-17/h7-8,13H,4-6H2,1-3H3,(H2,23,24,25,26)/t13?,16-/m1/s1. The quantitative estimate of drug-likeness (QED) is 0.794. The fraction of sp³-hybridized carbons (Fsp3) is 0.556. The van der Waals surface area contributed by atoms with Crippen molar-refractivity contribution < 1.29 is 13.2 Å². The van der Waals surface area contributed by atoms with Crippen LogP contribution in [0.15, 0.2) is 12.4 Å². The third-order valence-corrected chi connectivity index (χ3v) is 5.44. The Morgan fingerprint density at radius 1 is 1.32 bits per heavy atom. The van der Waals surface area contributed by atoms with Gasteiger partial charge in [-0.15, -0.1) is 0 Å². The Hall–Kier alpha value is -2.83. The van der Waals surface area contributed by atoms with Crippen LogP contribution in [-0.2, 0) is 6.18 Å². The molecule has 28 heavy (non-hydrogen) atoms. The van der Waals surface area contributed by atoms with Crippen molar-refractivity contribution >= 4 is 17.5 Å². The van der Waals surface area contributed by atoms with Crippen molar-refractivity contribution in [3.8, 4) is 6.07 Å². The molecule has 4 rings (SSSR count). The van der Waals surface area contributed by atoms with Gasteiger partial charge in [0, 0.05) is 17.9 Å². The van der Waals surface area contributed by atoms with Crippen molar-refractivity contribution in [3.05, 3.63) is 23.7 Å². The summed E-state index contributed by atoms with van der Waals surface area (Å²) in [6, 6.07) is 2.27. The number of hydrogen-bond donors (Lipinski definition) is 2. The molecule has 0 amide bonds. The van der Waals surface area contributed by atoms with Gasteiger partial charge in [-0.2, -0.15) is 28.5 Å². The lowest BCUT2D eigenvalue weighted by atomic mass is 10.2. The maximum Gasteiger partial charge on any atom is 0.421 e. The minimum atomic E-state index is -4.54. The van der Waals surface area contributed by atoms with Gasteiger partial charge in [0.05, 0.1) is 28.9 Å². The Bertz CT molecular complexity index is 971. The summed E-state index contributed by atoms with van der Waals surface area (Å²) < 4.78 is 41.6. The van der Waals surface area contributed by atoms with Gasteiger partial charge in [-0.3, -0.25) is 4.68 Å². The summed E-state index contributed by atoms with van der Waals surface area (Å²) in [5.74, 6) is -0.171. The van der Waals surface area contributed by atoms with E-state index in [1.165, 1.54) is 0 Å². The molecule has 0 spiro atoms. The highest BCUT2D eigenvalue weighted by Gasteiger charge is 2.53. The van der Waals surface area contributed by atoms with Crippen molar-refractivity contribution in [2.45, 2.75) is 57.8 Å². The normalized spacial score (nSPS) is 25.1. The minimum absolute atomic E-state index is 0.00711. The molecule has 0 aromatic carbocycles. The Morgan fingerprint density at radius 2 is 2.04 bits per heavy atom. The van der Waals surface area contributed by atoms with E-state index >= 15 is 0 Å². The van der Waals surface area contributed by atoms with Crippen LogP contribution < -0.4 is 10.6 Å². The van der Waals surface area contributed by atoms with Crippen LogP contribution in [0.5, 0.6) is 0 Å². The van der Waals surface area contributed by atoms with E-state index in [0.29, 0.717) is 17.8 Å². The Balaban J connectivity index is 1.59. The molecular formula is C18H20F3N7. The molecule has 2 saturated carbocycles. The molecule has 0 radical (unpaired) electrons. The molecule has 2 N–H and O–H groups in total. The Morgan fingerprint density at radius 3 is 2.61 bits per heavy atom. The van der Waals surface area contributed by atoms with Crippen LogP contribution in [-0.4, -0.2) is 25.3 Å². The van der Waals surface area contributed by atoms with E-state index in [0.717, 1.165) is 19.0 Å². The number of nitrogens with zero attached hydrogens (tertiary/aromatic N) is 5. The van der Waals surface area contributed by atoms with Crippen LogP contribution in [0.4, 0.5) is 30.6 Å². The summed E-state index contributed by atoms with van der Waals surface area (Å²) in [6.45, 7) is 5.51. The van der Waals surface area contributed by atoms with Crippen LogP contribution in [0.3, 0.4) is 0 Å². The topological polar surface area (TPSA) is 91.5 Å². The van der Waals surface area contributed by atoms with Gasteiger partial charge in [-0.25, -0.2) is 4.98 Å². The molecule has 2 aromatic heterocycles. The Kier molecular flexibility index (Phi) is 3.86. The number of hydrogen-bond acceptors (Lipinski definition) is 6. The van der Waals surface area contributed by atoms with Gasteiger partial charge in [-0.1, -0.05) is 0 Å². The molecular weight excluding hydrogens is 371 g/mol. The molecule has 2 fully saturated rings. The number of halogens is 3. The molecule has 2 heterocycles. The molecule has 0 aliphatic heterocycles. The van der Waals surface area contributed by atoms with Crippen LogP contribution in [0, 0.1) is 23.7 Å². The lowest BCUT2D eigenvalue weighted by molar-refractivity contribution is -0.137. The van der Waals surface area contributed by atoms with Gasteiger partial charge in [0.15, 0.2) is 0 Å². The fourth-order valence-corrected chi connectivity index (χ4v) is 3.08. The third-order valence-electron chi connectivity index (χ3n) is 5.44. The van der Waals surface area contributed by atoms with Gasteiger partial charge in [-0.05, 0) is 40.0 Å². The molecule has 1 unspecified atom stereocenters. The molecule has 2 atom stereocenters. The molecule has 0 bridgehead atoms. The highest BCUT2D eigenvalue weighted by molar-refractivity contribution is 5.59. The number of nitrogens with one attached hydrogen (secondary N) is 2. The summed E-state index contributed by atoms with van der Waals surface area (Å²) in [5, 5.41) is 19.5. The van der Waals surface area contributed by atoms with E-state index < -0.39 is 17.2 Å². The third kappa shape index (κ3) is 3.37. The maximum absolute atomic E-state index is 13.3. The number of alkyl halides is 3. The van der Waals surface area contributed by atoms with Crippen molar-refractivity contribution in [1.82, 2.24) is 19.7 Å². The summed E-state index contributed by atoms with van der Waals surface area (Å²) >= 11 is 0. The van der Waals surface area contributed by atoms with E-state index in [1.54, 1.807) is 17.8 Å². The summed E-state index contributed by atoms with van der Waals surface area (Å²) in [7, 11) is 0. The minimum Gasteiger partial charge on any atom is -0.364 e. The zero-order chi connectivity index (χ0) is 20.3. The van der Waals surface area contributed by atoms with E-state index in [2.05, 4.69) is 31.8 Å². The second kappa shape index (κ2) is 5.83. The monoisotopic (exact) mass is 391 g/mol. The molecule has 2 aliphatic carbocycles. The highest BCUT2D eigenvalue weighted by Crippen LogP contribution is 2.55. The largest absolute Gasteiger partial charge is 0.421 e. The first kappa shape index (κ1) is 18.5. The second-order valence-electron chi connectivity index (χ2n) is 8.12. The zero-order valence-corrected chi connectivity index (χ0v) is 15.7. The van der Waals surface area contributed by atoms with Gasteiger partial charge >= 0.3 is 6.18 Å². The molecule has 0 saturated heterocycles. The van der Waals surface area contributed by atoms with Gasteiger partial charge in [0.1, 0.15) is 11.4 Å². The number of rotatable bonds is 5. The van der Waals surface area contributed by atoms with Gasteiger partial charge < -0.3 is 10.6 Å². The SMILES string of the molecule is Cc1nn(C2C[C@]2(C)C#N)cc1Nc1ncc(C(F)(F)F)c(NC2(C)CC2)n1. The van der Waals surface area contributed by atoms with E-state index in [9.17, 15) is 18.4 Å². The van der Waals surface area contributed by atoms with E-state index in [4.69, 9.17) is 0 Å². The van der Waals surface area contributed by atoms with Crippen LogP contribution in [0.2, 0.25) is 0 Å².